The van der Waals surface area contributed by atoms with Crippen LogP contribution in [-0.2, 0) is 5.75 Å². The standard InChI is InChI=1S/C15H18N4OS2Si/c1-23(2,3)13-8-17-12(20-13)10-21-14-9-18-15(22-14)19-11-6-4-5-7-16-11/h4-9H,10H2,1-3H3,(H,16,18,19). The van der Waals surface area contributed by atoms with Crippen LogP contribution in [0.1, 0.15) is 5.89 Å². The number of thiazole rings is 1. The average molecular weight is 363 g/mol. The van der Waals surface area contributed by atoms with Gasteiger partial charge in [0.1, 0.15) is 19.3 Å². The molecule has 0 bridgehead atoms. The summed E-state index contributed by atoms with van der Waals surface area (Å²) in [7, 11) is -1.43. The number of hydrogen-bond donors (Lipinski definition) is 1. The minimum absolute atomic E-state index is 0.718. The van der Waals surface area contributed by atoms with Gasteiger partial charge in [-0.25, -0.2) is 15.0 Å². The Kier molecular flexibility index (Phi) is 4.84. The second kappa shape index (κ2) is 6.86. The highest BCUT2D eigenvalue weighted by molar-refractivity contribution is 8.00. The van der Waals surface area contributed by atoms with Gasteiger partial charge in [-0.3, -0.25) is 0 Å². The third kappa shape index (κ3) is 4.43. The third-order valence-corrected chi connectivity index (χ3v) is 6.82. The van der Waals surface area contributed by atoms with E-state index in [1.807, 2.05) is 30.6 Å². The summed E-state index contributed by atoms with van der Waals surface area (Å²) in [5, 5.41) is 5.08. The minimum atomic E-state index is -1.43. The Morgan fingerprint density at radius 2 is 2.04 bits per heavy atom. The fourth-order valence-corrected chi connectivity index (χ4v) is 4.40. The van der Waals surface area contributed by atoms with E-state index in [1.54, 1.807) is 29.3 Å². The molecule has 1 N–H and O–H groups in total. The lowest BCUT2D eigenvalue weighted by atomic mass is 10.5. The van der Waals surface area contributed by atoms with Crippen LogP contribution in [0.5, 0.6) is 0 Å². The molecule has 0 radical (unpaired) electrons. The molecular formula is C15H18N4OS2Si. The van der Waals surface area contributed by atoms with E-state index in [1.165, 1.54) is 0 Å². The highest BCUT2D eigenvalue weighted by atomic mass is 32.2. The van der Waals surface area contributed by atoms with Crippen molar-refractivity contribution in [2.24, 2.45) is 0 Å². The molecule has 0 aliphatic heterocycles. The van der Waals surface area contributed by atoms with Gasteiger partial charge in [-0.15, -0.1) is 11.8 Å². The molecule has 3 aromatic heterocycles. The van der Waals surface area contributed by atoms with Gasteiger partial charge in [-0.1, -0.05) is 37.0 Å². The monoisotopic (exact) mass is 362 g/mol. The molecule has 0 aliphatic carbocycles. The van der Waals surface area contributed by atoms with Crippen molar-refractivity contribution >= 4 is 47.5 Å². The Balaban J connectivity index is 1.58. The Hall–Kier alpha value is -1.64. The predicted molar refractivity (Wildman–Crippen MR) is 98.7 cm³/mol. The van der Waals surface area contributed by atoms with E-state index in [0.29, 0.717) is 0 Å². The first-order valence-electron chi connectivity index (χ1n) is 7.22. The molecule has 0 fully saturated rings. The van der Waals surface area contributed by atoms with E-state index in [2.05, 4.69) is 39.9 Å². The van der Waals surface area contributed by atoms with Crippen molar-refractivity contribution in [3.8, 4) is 0 Å². The van der Waals surface area contributed by atoms with Gasteiger partial charge in [0, 0.05) is 6.20 Å². The SMILES string of the molecule is C[Si](C)(C)c1cnc(CSc2cnc(Nc3ccccn3)s2)o1. The topological polar surface area (TPSA) is 63.8 Å². The highest BCUT2D eigenvalue weighted by Crippen LogP contribution is 2.31. The summed E-state index contributed by atoms with van der Waals surface area (Å²) >= 11 is 3.28. The number of thioether (sulfide) groups is 1. The van der Waals surface area contributed by atoms with Gasteiger partial charge in [-0.05, 0) is 12.1 Å². The van der Waals surface area contributed by atoms with Crippen LogP contribution in [0.15, 0.2) is 45.4 Å². The zero-order chi connectivity index (χ0) is 16.3. The first-order valence-corrected chi connectivity index (χ1v) is 12.5. The summed E-state index contributed by atoms with van der Waals surface area (Å²) in [5.74, 6) is 2.29. The van der Waals surface area contributed by atoms with E-state index in [4.69, 9.17) is 4.42 Å². The predicted octanol–water partition coefficient (Wildman–Crippen LogP) is 4.11. The van der Waals surface area contributed by atoms with Gasteiger partial charge >= 0.3 is 0 Å². The lowest BCUT2D eigenvalue weighted by Crippen LogP contribution is -2.36. The second-order valence-electron chi connectivity index (χ2n) is 5.98. The fourth-order valence-electron chi connectivity index (χ4n) is 1.79. The smallest absolute Gasteiger partial charge is 0.204 e. The van der Waals surface area contributed by atoms with Gasteiger partial charge in [-0.2, -0.15) is 0 Å². The fraction of sp³-hybridized carbons (Fsp3) is 0.267. The highest BCUT2D eigenvalue weighted by Gasteiger charge is 2.21. The van der Waals surface area contributed by atoms with E-state index >= 15 is 0 Å². The van der Waals surface area contributed by atoms with Crippen LogP contribution in [0.3, 0.4) is 0 Å². The number of aromatic nitrogens is 3. The summed E-state index contributed by atoms with van der Waals surface area (Å²) in [6, 6.07) is 5.75. The van der Waals surface area contributed by atoms with Gasteiger partial charge in [0.25, 0.3) is 0 Å². The van der Waals surface area contributed by atoms with Gasteiger partial charge in [0.15, 0.2) is 5.13 Å². The van der Waals surface area contributed by atoms with Crippen molar-refractivity contribution in [2.45, 2.75) is 29.6 Å². The minimum Gasteiger partial charge on any atom is -0.450 e. The summed E-state index contributed by atoms with van der Waals surface area (Å²) < 4.78 is 6.98. The quantitative estimate of drug-likeness (QED) is 0.526. The lowest BCUT2D eigenvalue weighted by molar-refractivity contribution is 0.542. The average Bonchev–Trinajstić information content (AvgIpc) is 3.15. The molecule has 120 valence electrons. The maximum Gasteiger partial charge on any atom is 0.204 e. The number of nitrogens with zero attached hydrogens (tertiary/aromatic N) is 3. The molecule has 23 heavy (non-hydrogen) atoms. The van der Waals surface area contributed by atoms with Crippen molar-refractivity contribution in [1.29, 1.82) is 0 Å². The molecule has 0 unspecified atom stereocenters. The largest absolute Gasteiger partial charge is 0.450 e. The number of pyridine rings is 1. The van der Waals surface area contributed by atoms with E-state index in [9.17, 15) is 0 Å². The molecule has 0 atom stereocenters. The van der Waals surface area contributed by atoms with Crippen LogP contribution in [0, 0.1) is 0 Å². The van der Waals surface area contributed by atoms with Crippen LogP contribution in [0.25, 0.3) is 0 Å². The van der Waals surface area contributed by atoms with Crippen LogP contribution in [-0.4, -0.2) is 23.0 Å². The van der Waals surface area contributed by atoms with Crippen molar-refractivity contribution in [2.75, 3.05) is 5.32 Å². The molecule has 3 aromatic rings. The van der Waals surface area contributed by atoms with Crippen LogP contribution >= 0.6 is 23.1 Å². The van der Waals surface area contributed by atoms with E-state index < -0.39 is 8.07 Å². The van der Waals surface area contributed by atoms with E-state index in [0.717, 1.165) is 32.2 Å². The summed E-state index contributed by atoms with van der Waals surface area (Å²) in [5.41, 5.74) is 0. The van der Waals surface area contributed by atoms with Crippen LogP contribution < -0.4 is 10.7 Å². The van der Waals surface area contributed by atoms with Crippen LogP contribution in [0.4, 0.5) is 10.9 Å². The molecule has 3 heterocycles. The summed E-state index contributed by atoms with van der Waals surface area (Å²) in [6.45, 7) is 6.76. The number of anilines is 2. The maximum atomic E-state index is 5.86. The van der Waals surface area contributed by atoms with Crippen LogP contribution in [0.2, 0.25) is 19.6 Å². The number of nitrogens with one attached hydrogen (secondary N) is 1. The zero-order valence-corrected chi connectivity index (χ0v) is 15.9. The van der Waals surface area contributed by atoms with Gasteiger partial charge < -0.3 is 9.73 Å². The third-order valence-electron chi connectivity index (χ3n) is 3.02. The second-order valence-corrected chi connectivity index (χ2v) is 13.3. The molecule has 3 rings (SSSR count). The molecule has 0 saturated carbocycles. The van der Waals surface area contributed by atoms with Crippen molar-refractivity contribution < 1.29 is 4.42 Å². The molecule has 0 spiro atoms. The molecule has 0 aromatic carbocycles. The first kappa shape index (κ1) is 16.2. The maximum absolute atomic E-state index is 5.86. The molecule has 5 nitrogen and oxygen atoms in total. The normalized spacial score (nSPS) is 11.6. The molecule has 0 amide bonds. The van der Waals surface area contributed by atoms with Gasteiger partial charge in [0.2, 0.25) is 5.89 Å². The summed E-state index contributed by atoms with van der Waals surface area (Å²) in [6.07, 6.45) is 5.50. The van der Waals surface area contributed by atoms with Crippen molar-refractivity contribution in [1.82, 2.24) is 15.0 Å². The summed E-state index contributed by atoms with van der Waals surface area (Å²) in [4.78, 5) is 13.0. The van der Waals surface area contributed by atoms with Crippen molar-refractivity contribution in [3.63, 3.8) is 0 Å². The van der Waals surface area contributed by atoms with Crippen molar-refractivity contribution in [3.05, 3.63) is 42.7 Å². The molecule has 8 heteroatoms. The van der Waals surface area contributed by atoms with E-state index in [-0.39, 0.29) is 0 Å². The molecule has 0 saturated heterocycles. The number of oxazole rings is 1. The Bertz CT molecular complexity index is 767. The zero-order valence-electron chi connectivity index (χ0n) is 13.2. The molecular weight excluding hydrogens is 344 g/mol. The first-order chi connectivity index (χ1) is 11.0. The Labute approximate surface area is 144 Å². The Morgan fingerprint density at radius 1 is 1.17 bits per heavy atom. The number of rotatable bonds is 6. The molecule has 0 aliphatic rings. The number of hydrogen-bond acceptors (Lipinski definition) is 7. The van der Waals surface area contributed by atoms with Gasteiger partial charge in [0.05, 0.1) is 22.4 Å². The Morgan fingerprint density at radius 3 is 2.74 bits per heavy atom. The lowest BCUT2D eigenvalue weighted by Gasteiger charge is -2.09.